The van der Waals surface area contributed by atoms with Crippen LogP contribution in [0.2, 0.25) is 0 Å². The third-order valence-electron chi connectivity index (χ3n) is 2.38. The van der Waals surface area contributed by atoms with Gasteiger partial charge in [-0.1, -0.05) is 12.1 Å². The number of hydrogen-bond donors (Lipinski definition) is 2. The van der Waals surface area contributed by atoms with Gasteiger partial charge in [-0.15, -0.1) is 0 Å². The summed E-state index contributed by atoms with van der Waals surface area (Å²) in [4.78, 5) is 11.4. The average Bonchev–Trinajstić information content (AvgIpc) is 2.36. The third-order valence-corrected chi connectivity index (χ3v) is 2.38. The largest absolute Gasteiger partial charge is 0.435 e. The van der Waals surface area contributed by atoms with Crippen LogP contribution in [-0.4, -0.2) is 36.5 Å². The number of carbonyl (C=O) groups excluding carboxylic acids is 1. The number of aliphatic hydroxyl groups excluding tert-OH is 1. The van der Waals surface area contributed by atoms with Crippen molar-refractivity contribution in [3.05, 3.63) is 29.8 Å². The molecule has 1 rings (SSSR count). The number of ether oxygens (including phenoxy) is 1. The average molecular weight is 313 g/mol. The Morgan fingerprint density at radius 2 is 1.81 bits per heavy atom. The van der Waals surface area contributed by atoms with Crippen LogP contribution in [0.4, 0.5) is 22.0 Å². The maximum atomic E-state index is 12.0. The molecule has 1 amide bonds. The van der Waals surface area contributed by atoms with Crippen LogP contribution in [0.1, 0.15) is 5.56 Å². The molecule has 0 saturated heterocycles. The summed E-state index contributed by atoms with van der Waals surface area (Å²) in [5.41, 5.74) is 0.399. The zero-order valence-electron chi connectivity index (χ0n) is 10.5. The first-order chi connectivity index (χ1) is 9.68. The zero-order chi connectivity index (χ0) is 16.0. The van der Waals surface area contributed by atoms with E-state index in [9.17, 15) is 26.7 Å². The minimum absolute atomic E-state index is 0.0957. The van der Waals surface area contributed by atoms with Crippen molar-refractivity contribution in [3.63, 3.8) is 0 Å². The smallest absolute Gasteiger partial charge is 0.416 e. The first-order valence-electron chi connectivity index (χ1n) is 5.73. The molecule has 0 aromatic heterocycles. The molecule has 2 N–H and O–H groups in total. The van der Waals surface area contributed by atoms with Gasteiger partial charge in [-0.3, -0.25) is 4.79 Å². The summed E-state index contributed by atoms with van der Waals surface area (Å²) in [5, 5.41) is 10.6. The standard InChI is InChI=1S/C12H12F5NO3/c13-11(14)21-8-3-1-7(2-4-8)5-10(20)18-6-9(19)12(15,16)17/h1-4,9,11,19H,5-6H2,(H,18,20). The minimum atomic E-state index is -4.80. The van der Waals surface area contributed by atoms with Crippen molar-refractivity contribution in [2.24, 2.45) is 0 Å². The van der Waals surface area contributed by atoms with Gasteiger partial charge in [0.1, 0.15) is 5.75 Å². The van der Waals surface area contributed by atoms with Crippen molar-refractivity contribution in [3.8, 4) is 5.75 Å². The summed E-state index contributed by atoms with van der Waals surface area (Å²) < 4.78 is 63.9. The van der Waals surface area contributed by atoms with E-state index in [0.717, 1.165) is 0 Å². The van der Waals surface area contributed by atoms with Crippen molar-refractivity contribution in [1.82, 2.24) is 5.32 Å². The maximum absolute atomic E-state index is 12.0. The number of amides is 1. The number of nitrogens with one attached hydrogen (secondary N) is 1. The Labute approximate surface area is 116 Å². The van der Waals surface area contributed by atoms with E-state index in [1.807, 2.05) is 5.32 Å². The van der Waals surface area contributed by atoms with Gasteiger partial charge in [0.15, 0.2) is 6.10 Å². The Kier molecular flexibility index (Phi) is 5.89. The van der Waals surface area contributed by atoms with Gasteiger partial charge < -0.3 is 15.2 Å². The normalized spacial score (nSPS) is 13.1. The van der Waals surface area contributed by atoms with Crippen LogP contribution in [0.15, 0.2) is 24.3 Å². The molecule has 118 valence electrons. The van der Waals surface area contributed by atoms with Gasteiger partial charge in [0.05, 0.1) is 13.0 Å². The van der Waals surface area contributed by atoms with Gasteiger partial charge >= 0.3 is 12.8 Å². The molecule has 0 heterocycles. The van der Waals surface area contributed by atoms with E-state index in [2.05, 4.69) is 4.74 Å². The zero-order valence-corrected chi connectivity index (χ0v) is 10.5. The second-order valence-corrected chi connectivity index (χ2v) is 4.06. The first-order valence-corrected chi connectivity index (χ1v) is 5.73. The number of aliphatic hydroxyl groups is 1. The molecule has 0 aliphatic heterocycles. The number of benzene rings is 1. The molecule has 0 radical (unpaired) electrons. The molecule has 9 heteroatoms. The lowest BCUT2D eigenvalue weighted by molar-refractivity contribution is -0.201. The first kappa shape index (κ1) is 17.2. The predicted octanol–water partition coefficient (Wildman–Crippen LogP) is 1.87. The minimum Gasteiger partial charge on any atom is -0.435 e. The van der Waals surface area contributed by atoms with Crippen LogP contribution >= 0.6 is 0 Å². The van der Waals surface area contributed by atoms with Gasteiger partial charge in [0, 0.05) is 0 Å². The lowest BCUT2D eigenvalue weighted by Crippen LogP contribution is -2.41. The molecule has 1 unspecified atom stereocenters. The van der Waals surface area contributed by atoms with E-state index in [0.29, 0.717) is 5.56 Å². The lowest BCUT2D eigenvalue weighted by atomic mass is 10.1. The number of hydrogen-bond acceptors (Lipinski definition) is 3. The van der Waals surface area contributed by atoms with E-state index in [1.165, 1.54) is 24.3 Å². The molecule has 1 aromatic rings. The van der Waals surface area contributed by atoms with Crippen LogP contribution in [0.5, 0.6) is 5.75 Å². The summed E-state index contributed by atoms with van der Waals surface area (Å²) in [6, 6.07) is 5.08. The van der Waals surface area contributed by atoms with Gasteiger partial charge in [-0.05, 0) is 17.7 Å². The Bertz CT molecular complexity index is 461. The fourth-order valence-corrected chi connectivity index (χ4v) is 1.36. The second kappa shape index (κ2) is 7.21. The van der Waals surface area contributed by atoms with E-state index in [1.54, 1.807) is 0 Å². The maximum Gasteiger partial charge on any atom is 0.416 e. The van der Waals surface area contributed by atoms with Crippen LogP contribution < -0.4 is 10.1 Å². The molecule has 1 atom stereocenters. The summed E-state index contributed by atoms with van der Waals surface area (Å²) in [6.45, 7) is -3.92. The Morgan fingerprint density at radius 1 is 1.24 bits per heavy atom. The quantitative estimate of drug-likeness (QED) is 0.788. The molecule has 21 heavy (non-hydrogen) atoms. The monoisotopic (exact) mass is 313 g/mol. The second-order valence-electron chi connectivity index (χ2n) is 4.06. The highest BCUT2D eigenvalue weighted by atomic mass is 19.4. The third kappa shape index (κ3) is 6.39. The highest BCUT2D eigenvalue weighted by molar-refractivity contribution is 5.78. The topological polar surface area (TPSA) is 58.6 Å². The van der Waals surface area contributed by atoms with Crippen molar-refractivity contribution >= 4 is 5.91 Å². The van der Waals surface area contributed by atoms with Crippen molar-refractivity contribution in [2.45, 2.75) is 25.3 Å². The highest BCUT2D eigenvalue weighted by Crippen LogP contribution is 2.19. The van der Waals surface area contributed by atoms with Crippen molar-refractivity contribution in [1.29, 1.82) is 0 Å². The Hall–Kier alpha value is -1.90. The highest BCUT2D eigenvalue weighted by Gasteiger charge is 2.38. The van der Waals surface area contributed by atoms with E-state index in [4.69, 9.17) is 5.11 Å². The molecular weight excluding hydrogens is 301 g/mol. The number of alkyl halides is 5. The van der Waals surface area contributed by atoms with Crippen LogP contribution in [0.25, 0.3) is 0 Å². The molecule has 0 fully saturated rings. The van der Waals surface area contributed by atoms with Crippen molar-refractivity contribution in [2.75, 3.05) is 6.54 Å². The predicted molar refractivity (Wildman–Crippen MR) is 61.8 cm³/mol. The molecule has 0 spiro atoms. The molecule has 0 aliphatic rings. The van der Waals surface area contributed by atoms with Crippen LogP contribution in [0, 0.1) is 0 Å². The number of rotatable bonds is 6. The van der Waals surface area contributed by atoms with Crippen LogP contribution in [0.3, 0.4) is 0 Å². The van der Waals surface area contributed by atoms with Gasteiger partial charge in [0.2, 0.25) is 5.91 Å². The van der Waals surface area contributed by atoms with Crippen LogP contribution in [-0.2, 0) is 11.2 Å². The fourth-order valence-electron chi connectivity index (χ4n) is 1.36. The SMILES string of the molecule is O=C(Cc1ccc(OC(F)F)cc1)NCC(O)C(F)(F)F. The van der Waals surface area contributed by atoms with Gasteiger partial charge in [-0.2, -0.15) is 22.0 Å². The molecule has 0 saturated carbocycles. The fraction of sp³-hybridized carbons (Fsp3) is 0.417. The Balaban J connectivity index is 2.44. The number of carbonyl (C=O) groups is 1. The lowest BCUT2D eigenvalue weighted by Gasteiger charge is -2.15. The van der Waals surface area contributed by atoms with Crippen molar-refractivity contribution < 1.29 is 36.6 Å². The number of halogens is 5. The summed E-state index contributed by atoms with van der Waals surface area (Å²) in [5.74, 6) is -0.831. The summed E-state index contributed by atoms with van der Waals surface area (Å²) >= 11 is 0. The summed E-state index contributed by atoms with van der Waals surface area (Å²) in [6.07, 6.45) is -7.69. The summed E-state index contributed by atoms with van der Waals surface area (Å²) in [7, 11) is 0. The molecule has 1 aromatic carbocycles. The van der Waals surface area contributed by atoms with Gasteiger partial charge in [0.25, 0.3) is 0 Å². The van der Waals surface area contributed by atoms with E-state index in [-0.39, 0.29) is 12.2 Å². The molecule has 0 bridgehead atoms. The molecular formula is C12H12F5NO3. The van der Waals surface area contributed by atoms with E-state index >= 15 is 0 Å². The van der Waals surface area contributed by atoms with Gasteiger partial charge in [-0.25, -0.2) is 0 Å². The van der Waals surface area contributed by atoms with E-state index < -0.39 is 31.3 Å². The molecule has 4 nitrogen and oxygen atoms in total. The molecule has 0 aliphatic carbocycles. The Morgan fingerprint density at radius 3 is 2.29 bits per heavy atom.